The number of hydrogen-bond acceptors (Lipinski definition) is 6. The number of hydrogen-bond donors (Lipinski definition) is 0. The molecular weight excluding hydrogens is 330 g/mol. The Morgan fingerprint density at radius 2 is 2.12 bits per heavy atom. The van der Waals surface area contributed by atoms with E-state index >= 15 is 0 Å². The van der Waals surface area contributed by atoms with E-state index in [-0.39, 0.29) is 6.79 Å². The number of aromatic nitrogens is 3. The number of fused-ring (bicyclic) bond motifs is 1. The monoisotopic (exact) mass is 352 g/mol. The first-order valence-corrected chi connectivity index (χ1v) is 9.03. The van der Waals surface area contributed by atoms with Crippen molar-refractivity contribution in [3.63, 3.8) is 0 Å². The highest BCUT2D eigenvalue weighted by atomic mass is 16.7. The second kappa shape index (κ2) is 7.93. The summed E-state index contributed by atoms with van der Waals surface area (Å²) in [6.07, 6.45) is 7.47. The summed E-state index contributed by atoms with van der Waals surface area (Å²) in [6.45, 7) is 3.18. The van der Waals surface area contributed by atoms with Crippen molar-refractivity contribution in [3.8, 4) is 11.5 Å². The zero-order valence-corrected chi connectivity index (χ0v) is 14.9. The SMILES string of the molecule is CCOCOCc1ccc(-c2cnc3ccc(C4C[CH]CC4)nc3n2)o1. The molecule has 0 amide bonds. The van der Waals surface area contributed by atoms with Crippen LogP contribution in [0, 0.1) is 6.42 Å². The Morgan fingerprint density at radius 1 is 1.15 bits per heavy atom. The van der Waals surface area contributed by atoms with Gasteiger partial charge in [-0.25, -0.2) is 9.97 Å². The zero-order chi connectivity index (χ0) is 17.8. The fourth-order valence-electron chi connectivity index (χ4n) is 3.16. The van der Waals surface area contributed by atoms with Crippen LogP contribution in [0.3, 0.4) is 0 Å². The van der Waals surface area contributed by atoms with E-state index < -0.39 is 0 Å². The van der Waals surface area contributed by atoms with Crippen molar-refractivity contribution in [2.24, 2.45) is 0 Å². The highest BCUT2D eigenvalue weighted by molar-refractivity contribution is 5.72. The third-order valence-electron chi connectivity index (χ3n) is 4.55. The average molecular weight is 352 g/mol. The summed E-state index contributed by atoms with van der Waals surface area (Å²) < 4.78 is 16.3. The molecule has 1 saturated carbocycles. The molecule has 0 aromatic carbocycles. The number of ether oxygens (including phenoxy) is 2. The van der Waals surface area contributed by atoms with E-state index in [0.29, 0.717) is 36.2 Å². The van der Waals surface area contributed by atoms with Gasteiger partial charge in [-0.1, -0.05) is 0 Å². The molecule has 0 N–H and O–H groups in total. The molecule has 26 heavy (non-hydrogen) atoms. The van der Waals surface area contributed by atoms with Crippen LogP contribution in [0.25, 0.3) is 22.6 Å². The number of nitrogens with zero attached hydrogens (tertiary/aromatic N) is 3. The van der Waals surface area contributed by atoms with Crippen LogP contribution in [-0.4, -0.2) is 28.4 Å². The molecule has 1 atom stereocenters. The van der Waals surface area contributed by atoms with Gasteiger partial charge in [0.25, 0.3) is 0 Å². The van der Waals surface area contributed by atoms with Gasteiger partial charge in [0.1, 0.15) is 30.4 Å². The van der Waals surface area contributed by atoms with Crippen molar-refractivity contribution >= 4 is 11.2 Å². The molecule has 4 rings (SSSR count). The van der Waals surface area contributed by atoms with E-state index in [1.807, 2.05) is 25.1 Å². The molecule has 3 aromatic heterocycles. The summed E-state index contributed by atoms with van der Waals surface area (Å²) >= 11 is 0. The zero-order valence-electron chi connectivity index (χ0n) is 14.9. The highest BCUT2D eigenvalue weighted by Gasteiger charge is 2.19. The predicted octanol–water partition coefficient (Wildman–Crippen LogP) is 4.27. The minimum absolute atomic E-state index is 0.258. The van der Waals surface area contributed by atoms with E-state index in [0.717, 1.165) is 36.2 Å². The molecule has 0 aliphatic heterocycles. The summed E-state index contributed by atoms with van der Waals surface area (Å²) in [7, 11) is 0. The first-order chi connectivity index (χ1) is 12.8. The van der Waals surface area contributed by atoms with E-state index in [4.69, 9.17) is 18.9 Å². The molecular formula is C20H22N3O3. The fourth-order valence-corrected chi connectivity index (χ4v) is 3.16. The number of rotatable bonds is 7. The lowest BCUT2D eigenvalue weighted by molar-refractivity contribution is -0.0613. The second-order valence-electron chi connectivity index (χ2n) is 6.36. The summed E-state index contributed by atoms with van der Waals surface area (Å²) in [5.41, 5.74) is 3.24. The molecule has 3 aromatic rings. The van der Waals surface area contributed by atoms with Gasteiger partial charge in [-0.15, -0.1) is 0 Å². The summed E-state index contributed by atoms with van der Waals surface area (Å²) in [4.78, 5) is 13.9. The lowest BCUT2D eigenvalue weighted by Gasteiger charge is -2.08. The minimum Gasteiger partial charge on any atom is -0.457 e. The Balaban J connectivity index is 1.53. The van der Waals surface area contributed by atoms with Crippen LogP contribution in [0.5, 0.6) is 0 Å². The Morgan fingerprint density at radius 3 is 2.96 bits per heavy atom. The van der Waals surface area contributed by atoms with Gasteiger partial charge in [0.15, 0.2) is 11.4 Å². The van der Waals surface area contributed by atoms with E-state index in [2.05, 4.69) is 22.5 Å². The molecule has 1 aliphatic rings. The van der Waals surface area contributed by atoms with Crippen LogP contribution in [-0.2, 0) is 16.1 Å². The molecule has 3 heterocycles. The third kappa shape index (κ3) is 3.76. The van der Waals surface area contributed by atoms with Crippen molar-refractivity contribution in [2.75, 3.05) is 13.4 Å². The number of pyridine rings is 1. The Bertz CT molecular complexity index is 872. The van der Waals surface area contributed by atoms with Crippen LogP contribution in [0.2, 0.25) is 0 Å². The van der Waals surface area contributed by atoms with Gasteiger partial charge in [-0.05, 0) is 56.9 Å². The van der Waals surface area contributed by atoms with E-state index in [9.17, 15) is 0 Å². The van der Waals surface area contributed by atoms with Gasteiger partial charge < -0.3 is 13.9 Å². The smallest absolute Gasteiger partial charge is 0.179 e. The van der Waals surface area contributed by atoms with Crippen LogP contribution in [0.4, 0.5) is 0 Å². The lowest BCUT2D eigenvalue weighted by atomic mass is 10.0. The normalized spacial score (nSPS) is 15.1. The van der Waals surface area contributed by atoms with Crippen LogP contribution >= 0.6 is 0 Å². The Kier molecular flexibility index (Phi) is 5.22. The summed E-state index contributed by atoms with van der Waals surface area (Å²) in [6, 6.07) is 7.83. The molecule has 1 radical (unpaired) electrons. The topological polar surface area (TPSA) is 70.3 Å². The summed E-state index contributed by atoms with van der Waals surface area (Å²) in [5.74, 6) is 1.89. The minimum atomic E-state index is 0.258. The van der Waals surface area contributed by atoms with Gasteiger partial charge in [0.2, 0.25) is 0 Å². The lowest BCUT2D eigenvalue weighted by Crippen LogP contribution is -1.99. The second-order valence-corrected chi connectivity index (χ2v) is 6.36. The molecule has 1 fully saturated rings. The third-order valence-corrected chi connectivity index (χ3v) is 4.55. The summed E-state index contributed by atoms with van der Waals surface area (Å²) in [5, 5.41) is 0. The van der Waals surface area contributed by atoms with Gasteiger partial charge >= 0.3 is 0 Å². The van der Waals surface area contributed by atoms with Gasteiger partial charge in [-0.2, -0.15) is 0 Å². The highest BCUT2D eigenvalue weighted by Crippen LogP contribution is 2.33. The Labute approximate surface area is 152 Å². The van der Waals surface area contributed by atoms with Gasteiger partial charge in [-0.3, -0.25) is 4.98 Å². The maximum Gasteiger partial charge on any atom is 0.179 e. The van der Waals surface area contributed by atoms with E-state index in [1.54, 1.807) is 6.20 Å². The molecule has 6 heteroatoms. The molecule has 0 bridgehead atoms. The van der Waals surface area contributed by atoms with Gasteiger partial charge in [0, 0.05) is 18.2 Å². The van der Waals surface area contributed by atoms with Crippen molar-refractivity contribution in [1.82, 2.24) is 15.0 Å². The first kappa shape index (κ1) is 17.1. The fraction of sp³-hybridized carbons (Fsp3) is 0.400. The van der Waals surface area contributed by atoms with Crippen LogP contribution < -0.4 is 0 Å². The molecule has 1 unspecified atom stereocenters. The standard InChI is InChI=1S/C20H22N3O3/c1-2-24-13-25-12-15-7-10-19(26-15)18-11-21-17-9-8-16(22-20(17)23-18)14-5-3-4-6-14/h3,7-11,14H,2,4-6,12-13H2,1H3. The van der Waals surface area contributed by atoms with E-state index in [1.165, 1.54) is 0 Å². The van der Waals surface area contributed by atoms with Crippen LogP contribution in [0.15, 0.2) is 34.9 Å². The first-order valence-electron chi connectivity index (χ1n) is 9.03. The maximum atomic E-state index is 5.81. The molecule has 0 saturated heterocycles. The quantitative estimate of drug-likeness (QED) is 0.467. The average Bonchev–Trinajstić information content (AvgIpc) is 3.36. The van der Waals surface area contributed by atoms with Crippen molar-refractivity contribution in [1.29, 1.82) is 0 Å². The van der Waals surface area contributed by atoms with Crippen molar-refractivity contribution in [2.45, 2.75) is 38.7 Å². The van der Waals surface area contributed by atoms with Crippen molar-refractivity contribution in [3.05, 3.63) is 48.3 Å². The largest absolute Gasteiger partial charge is 0.457 e. The number of furan rings is 1. The van der Waals surface area contributed by atoms with Crippen LogP contribution in [0.1, 0.15) is 43.6 Å². The van der Waals surface area contributed by atoms with Gasteiger partial charge in [0.05, 0.1) is 6.20 Å². The molecule has 135 valence electrons. The predicted molar refractivity (Wildman–Crippen MR) is 97.2 cm³/mol. The molecule has 0 spiro atoms. The molecule has 1 aliphatic carbocycles. The molecule has 6 nitrogen and oxygen atoms in total. The maximum absolute atomic E-state index is 5.81. The Hall–Kier alpha value is -2.31. The van der Waals surface area contributed by atoms with Crippen molar-refractivity contribution < 1.29 is 13.9 Å².